The second kappa shape index (κ2) is 5.19. The molecule has 0 aromatic heterocycles. The molecule has 2 heterocycles. The number of allylic oxidation sites excluding steroid dienone is 1. The van der Waals surface area contributed by atoms with Crippen molar-refractivity contribution in [3.05, 3.63) is 11.6 Å². The van der Waals surface area contributed by atoms with Crippen LogP contribution in [0.2, 0.25) is 0 Å². The van der Waals surface area contributed by atoms with E-state index in [9.17, 15) is 5.11 Å². The normalized spacial score (nSPS) is 39.6. The summed E-state index contributed by atoms with van der Waals surface area (Å²) in [6, 6.07) is 0. The molecule has 5 atom stereocenters. The summed E-state index contributed by atoms with van der Waals surface area (Å²) in [7, 11) is 0. The second-order valence-electron chi connectivity index (χ2n) is 6.63. The molecule has 0 bridgehead atoms. The van der Waals surface area contributed by atoms with Crippen LogP contribution in [0, 0.1) is 5.92 Å². The average molecular weight is 268 g/mol. The zero-order valence-corrected chi connectivity index (χ0v) is 12.9. The summed E-state index contributed by atoms with van der Waals surface area (Å²) >= 11 is 0. The number of ether oxygens (including phenoxy) is 2. The summed E-state index contributed by atoms with van der Waals surface area (Å²) < 4.78 is 11.7. The van der Waals surface area contributed by atoms with Crippen molar-refractivity contribution in [2.75, 3.05) is 6.61 Å². The van der Waals surface area contributed by atoms with Crippen LogP contribution in [-0.4, -0.2) is 35.1 Å². The van der Waals surface area contributed by atoms with Crippen LogP contribution in [0.3, 0.4) is 0 Å². The molecule has 2 fully saturated rings. The molecule has 0 saturated carbocycles. The van der Waals surface area contributed by atoms with E-state index in [1.54, 1.807) is 0 Å². The fourth-order valence-electron chi connectivity index (χ4n) is 3.61. The highest BCUT2D eigenvalue weighted by Crippen LogP contribution is 2.56. The summed E-state index contributed by atoms with van der Waals surface area (Å²) in [5, 5.41) is 10.2. The van der Waals surface area contributed by atoms with Crippen LogP contribution in [0.25, 0.3) is 0 Å². The van der Waals surface area contributed by atoms with Crippen LogP contribution in [-0.2, 0) is 9.47 Å². The third-order valence-electron chi connectivity index (χ3n) is 4.57. The van der Waals surface area contributed by atoms with Crippen molar-refractivity contribution in [1.82, 2.24) is 0 Å². The van der Waals surface area contributed by atoms with E-state index in [0.717, 1.165) is 25.9 Å². The minimum Gasteiger partial charge on any atom is -0.393 e. The molecule has 2 aliphatic rings. The molecule has 2 aliphatic heterocycles. The van der Waals surface area contributed by atoms with E-state index < -0.39 is 6.10 Å². The van der Waals surface area contributed by atoms with Crippen molar-refractivity contribution in [1.29, 1.82) is 0 Å². The van der Waals surface area contributed by atoms with Crippen molar-refractivity contribution in [2.45, 2.75) is 77.3 Å². The molecule has 110 valence electrons. The number of aliphatic hydroxyl groups is 1. The zero-order valence-electron chi connectivity index (χ0n) is 12.9. The lowest BCUT2D eigenvalue weighted by Crippen LogP contribution is -2.44. The number of epoxide rings is 2. The quantitative estimate of drug-likeness (QED) is 0.570. The van der Waals surface area contributed by atoms with Crippen LogP contribution in [0.5, 0.6) is 0 Å². The highest BCUT2D eigenvalue weighted by atomic mass is 16.6. The van der Waals surface area contributed by atoms with E-state index in [2.05, 4.69) is 33.8 Å². The Morgan fingerprint density at radius 3 is 2.53 bits per heavy atom. The van der Waals surface area contributed by atoms with Gasteiger partial charge in [-0.2, -0.15) is 0 Å². The van der Waals surface area contributed by atoms with Crippen molar-refractivity contribution in [3.63, 3.8) is 0 Å². The van der Waals surface area contributed by atoms with Gasteiger partial charge in [0.1, 0.15) is 5.60 Å². The Labute approximate surface area is 117 Å². The van der Waals surface area contributed by atoms with Gasteiger partial charge in [-0.25, -0.2) is 0 Å². The monoisotopic (exact) mass is 268 g/mol. The summed E-state index contributed by atoms with van der Waals surface area (Å²) in [5.41, 5.74) is 0.945. The molecule has 0 amide bonds. The minimum atomic E-state index is -0.393. The van der Waals surface area contributed by atoms with E-state index >= 15 is 0 Å². The standard InChI is InChI=1S/C16H28O3/c1-6-9-16(10-18-16)14(12(4)17)15(5)13(19-15)8-7-11(2)3/h7,12-14,17H,6,8-10H2,1-5H3/t12?,13-,14?,15?,16+/m1/s1. The van der Waals surface area contributed by atoms with Crippen LogP contribution in [0.1, 0.15) is 53.9 Å². The lowest BCUT2D eigenvalue weighted by atomic mass is 9.74. The summed E-state index contributed by atoms with van der Waals surface area (Å²) in [6.45, 7) is 11.1. The molecule has 3 nitrogen and oxygen atoms in total. The van der Waals surface area contributed by atoms with E-state index in [-0.39, 0.29) is 23.2 Å². The molecule has 0 aliphatic carbocycles. The van der Waals surface area contributed by atoms with Crippen LogP contribution >= 0.6 is 0 Å². The van der Waals surface area contributed by atoms with Crippen LogP contribution in [0.4, 0.5) is 0 Å². The van der Waals surface area contributed by atoms with E-state index in [1.807, 2.05) is 6.92 Å². The number of hydrogen-bond donors (Lipinski definition) is 1. The maximum Gasteiger partial charge on any atom is 0.100 e. The number of rotatable bonds is 7. The summed E-state index contributed by atoms with van der Waals surface area (Å²) in [6.07, 6.45) is 5.07. The van der Waals surface area contributed by atoms with Gasteiger partial charge in [0.2, 0.25) is 0 Å². The Morgan fingerprint density at radius 1 is 1.47 bits per heavy atom. The van der Waals surface area contributed by atoms with Crippen LogP contribution < -0.4 is 0 Å². The zero-order chi connectivity index (χ0) is 14.3. The number of hydrogen-bond acceptors (Lipinski definition) is 3. The molecule has 0 aromatic rings. The van der Waals surface area contributed by atoms with E-state index in [1.165, 1.54) is 5.57 Å². The molecule has 2 saturated heterocycles. The third-order valence-corrected chi connectivity index (χ3v) is 4.57. The summed E-state index contributed by atoms with van der Waals surface area (Å²) in [5.74, 6) is 0.0792. The second-order valence-corrected chi connectivity index (χ2v) is 6.63. The van der Waals surface area contributed by atoms with Crippen molar-refractivity contribution in [3.8, 4) is 0 Å². The van der Waals surface area contributed by atoms with Gasteiger partial charge in [-0.3, -0.25) is 0 Å². The van der Waals surface area contributed by atoms with E-state index in [0.29, 0.717) is 0 Å². The molecular formula is C16H28O3. The van der Waals surface area contributed by atoms with Gasteiger partial charge in [0.15, 0.2) is 0 Å². The minimum absolute atomic E-state index is 0.0792. The first-order chi connectivity index (χ1) is 8.85. The van der Waals surface area contributed by atoms with Crippen LogP contribution in [0.15, 0.2) is 11.6 Å². The fraction of sp³-hybridized carbons (Fsp3) is 0.875. The van der Waals surface area contributed by atoms with Gasteiger partial charge in [0.05, 0.1) is 24.4 Å². The van der Waals surface area contributed by atoms with Gasteiger partial charge < -0.3 is 14.6 Å². The molecule has 19 heavy (non-hydrogen) atoms. The molecule has 3 heteroatoms. The van der Waals surface area contributed by atoms with Crippen molar-refractivity contribution >= 4 is 0 Å². The van der Waals surface area contributed by atoms with Crippen molar-refractivity contribution in [2.24, 2.45) is 5.92 Å². The molecule has 0 aromatic carbocycles. The lowest BCUT2D eigenvalue weighted by molar-refractivity contribution is 0.0136. The Balaban J connectivity index is 2.07. The first kappa shape index (κ1) is 15.0. The molecule has 0 radical (unpaired) electrons. The Morgan fingerprint density at radius 2 is 2.11 bits per heavy atom. The van der Waals surface area contributed by atoms with Gasteiger partial charge in [-0.1, -0.05) is 25.0 Å². The van der Waals surface area contributed by atoms with Crippen molar-refractivity contribution < 1.29 is 14.6 Å². The maximum atomic E-state index is 10.2. The lowest BCUT2D eigenvalue weighted by Gasteiger charge is -2.30. The fourth-order valence-corrected chi connectivity index (χ4v) is 3.61. The molecule has 2 rings (SSSR count). The van der Waals surface area contributed by atoms with Gasteiger partial charge in [0.25, 0.3) is 0 Å². The highest BCUT2D eigenvalue weighted by Gasteiger charge is 2.68. The Kier molecular flexibility index (Phi) is 4.10. The first-order valence-corrected chi connectivity index (χ1v) is 7.49. The topological polar surface area (TPSA) is 45.3 Å². The van der Waals surface area contributed by atoms with Gasteiger partial charge >= 0.3 is 0 Å². The first-order valence-electron chi connectivity index (χ1n) is 7.49. The van der Waals surface area contributed by atoms with E-state index in [4.69, 9.17) is 9.47 Å². The SMILES string of the molecule is CCC[C@@]1(C(C(C)O)C2(C)O[C@@H]2CC=C(C)C)CO1. The number of aliphatic hydroxyl groups excluding tert-OH is 1. The maximum absolute atomic E-state index is 10.2. The predicted molar refractivity (Wildman–Crippen MR) is 76.1 cm³/mol. The predicted octanol–water partition coefficient (Wildman–Crippen LogP) is 3.07. The molecular weight excluding hydrogens is 240 g/mol. The molecule has 0 spiro atoms. The Bertz CT molecular complexity index is 353. The van der Waals surface area contributed by atoms with Gasteiger partial charge in [-0.05, 0) is 40.5 Å². The molecule has 3 unspecified atom stereocenters. The molecule has 1 N–H and O–H groups in total. The largest absolute Gasteiger partial charge is 0.393 e. The smallest absolute Gasteiger partial charge is 0.100 e. The van der Waals surface area contributed by atoms with Gasteiger partial charge in [0, 0.05) is 5.92 Å². The van der Waals surface area contributed by atoms with Gasteiger partial charge in [-0.15, -0.1) is 0 Å². The summed E-state index contributed by atoms with van der Waals surface area (Å²) in [4.78, 5) is 0. The third kappa shape index (κ3) is 2.88. The Hall–Kier alpha value is -0.380. The highest BCUT2D eigenvalue weighted by molar-refractivity contribution is 5.17. The average Bonchev–Trinajstić information content (AvgIpc) is 3.16.